The Balaban J connectivity index is 1.40. The Morgan fingerprint density at radius 1 is 1.25 bits per heavy atom. The lowest BCUT2D eigenvalue weighted by Crippen LogP contribution is -2.40. The van der Waals surface area contributed by atoms with Gasteiger partial charge in [0.05, 0.1) is 17.1 Å². The van der Waals surface area contributed by atoms with Crippen LogP contribution in [-0.4, -0.2) is 49.0 Å². The van der Waals surface area contributed by atoms with Crippen molar-refractivity contribution in [1.82, 2.24) is 29.9 Å². The second-order valence-electron chi connectivity index (χ2n) is 7.10. The monoisotopic (exact) mass is 379 g/mol. The first kappa shape index (κ1) is 18.2. The van der Waals surface area contributed by atoms with Gasteiger partial charge in [-0.15, -0.1) is 0 Å². The van der Waals surface area contributed by atoms with E-state index in [1.807, 2.05) is 48.4 Å². The van der Waals surface area contributed by atoms with Crippen LogP contribution in [-0.2, 0) is 6.42 Å². The van der Waals surface area contributed by atoms with Gasteiger partial charge >= 0.3 is 6.03 Å². The summed E-state index contributed by atoms with van der Waals surface area (Å²) in [6.45, 7) is 5.38. The molecule has 3 aromatic rings. The number of amides is 2. The van der Waals surface area contributed by atoms with Crippen LogP contribution >= 0.6 is 0 Å². The summed E-state index contributed by atoms with van der Waals surface area (Å²) in [6.07, 6.45) is 4.49. The van der Waals surface area contributed by atoms with Crippen molar-refractivity contribution in [2.24, 2.45) is 0 Å². The number of aromatic nitrogens is 5. The summed E-state index contributed by atoms with van der Waals surface area (Å²) < 4.78 is 1.78. The molecule has 4 rings (SSSR count). The van der Waals surface area contributed by atoms with Crippen molar-refractivity contribution >= 4 is 11.7 Å². The summed E-state index contributed by atoms with van der Waals surface area (Å²) in [4.78, 5) is 19.2. The number of carbonyl (C=O) groups excluding carboxylic acids is 1. The molecule has 0 atom stereocenters. The smallest absolute Gasteiger partial charge is 0.321 e. The molecule has 0 bridgehead atoms. The van der Waals surface area contributed by atoms with Crippen LogP contribution in [0.25, 0.3) is 5.69 Å². The van der Waals surface area contributed by atoms with E-state index in [4.69, 9.17) is 0 Å². The molecule has 0 saturated carbocycles. The third-order valence-corrected chi connectivity index (χ3v) is 5.15. The van der Waals surface area contributed by atoms with E-state index in [0.29, 0.717) is 19.0 Å². The number of nitrogens with zero attached hydrogens (tertiary/aromatic N) is 5. The predicted molar refractivity (Wildman–Crippen MR) is 107 cm³/mol. The van der Waals surface area contributed by atoms with E-state index >= 15 is 0 Å². The molecule has 1 aliphatic heterocycles. The van der Waals surface area contributed by atoms with Crippen LogP contribution in [0.1, 0.15) is 43.0 Å². The van der Waals surface area contributed by atoms with Crippen LogP contribution in [0.5, 0.6) is 0 Å². The summed E-state index contributed by atoms with van der Waals surface area (Å²) in [5.41, 5.74) is 2.53. The van der Waals surface area contributed by atoms with E-state index in [-0.39, 0.29) is 6.03 Å². The molecule has 8 heteroatoms. The molecule has 1 aliphatic rings. The number of hydrogen-bond donors (Lipinski definition) is 2. The summed E-state index contributed by atoms with van der Waals surface area (Å²) in [7, 11) is 0. The molecule has 28 heavy (non-hydrogen) atoms. The number of nitrogens with one attached hydrogen (secondary N) is 2. The van der Waals surface area contributed by atoms with E-state index in [1.54, 1.807) is 4.68 Å². The number of anilines is 1. The average Bonchev–Trinajstić information content (AvgIpc) is 3.37. The molecule has 3 heterocycles. The molecular weight excluding hydrogens is 354 g/mol. The quantitative estimate of drug-likeness (QED) is 0.728. The molecule has 146 valence electrons. The highest BCUT2D eigenvalue weighted by molar-refractivity contribution is 5.91. The number of piperidine rings is 1. The fraction of sp³-hybridized carbons (Fsp3) is 0.400. The summed E-state index contributed by atoms with van der Waals surface area (Å²) in [5.74, 6) is 2.09. The minimum atomic E-state index is -0.0842. The molecule has 2 amide bonds. The molecule has 0 aliphatic carbocycles. The van der Waals surface area contributed by atoms with Crippen molar-refractivity contribution in [1.29, 1.82) is 0 Å². The second-order valence-corrected chi connectivity index (χ2v) is 7.10. The van der Waals surface area contributed by atoms with Crippen LogP contribution in [0.2, 0.25) is 0 Å². The SMILES string of the molecule is CCc1nc(C2CCN(C(=O)Nc3ccccc3-n3ccc(C)n3)CC2)n[nH]1. The Bertz CT molecular complexity index is 953. The summed E-state index contributed by atoms with van der Waals surface area (Å²) in [6, 6.07) is 9.56. The van der Waals surface area contributed by atoms with Crippen molar-refractivity contribution in [3.8, 4) is 5.69 Å². The number of likely N-dealkylation sites (tertiary alicyclic amines) is 1. The molecule has 0 spiro atoms. The molecule has 8 nitrogen and oxygen atoms in total. The van der Waals surface area contributed by atoms with E-state index in [0.717, 1.165) is 48.0 Å². The topological polar surface area (TPSA) is 91.7 Å². The van der Waals surface area contributed by atoms with Crippen LogP contribution in [0.4, 0.5) is 10.5 Å². The summed E-state index contributed by atoms with van der Waals surface area (Å²) in [5, 5.41) is 14.8. The molecule has 0 radical (unpaired) electrons. The van der Waals surface area contributed by atoms with Crippen LogP contribution in [0.15, 0.2) is 36.5 Å². The first-order chi connectivity index (χ1) is 13.6. The second kappa shape index (κ2) is 7.84. The lowest BCUT2D eigenvalue weighted by atomic mass is 9.96. The lowest BCUT2D eigenvalue weighted by molar-refractivity contribution is 0.193. The largest absolute Gasteiger partial charge is 0.324 e. The molecular formula is C20H25N7O. The molecule has 0 unspecified atom stereocenters. The molecule has 1 fully saturated rings. The summed E-state index contributed by atoms with van der Waals surface area (Å²) >= 11 is 0. The third kappa shape index (κ3) is 3.76. The van der Waals surface area contributed by atoms with Crippen molar-refractivity contribution < 1.29 is 4.79 Å². The van der Waals surface area contributed by atoms with Gasteiger partial charge in [-0.25, -0.2) is 14.5 Å². The van der Waals surface area contributed by atoms with E-state index in [9.17, 15) is 4.79 Å². The van der Waals surface area contributed by atoms with Gasteiger partial charge in [-0.05, 0) is 38.0 Å². The zero-order chi connectivity index (χ0) is 19.5. The first-order valence-electron chi connectivity index (χ1n) is 9.73. The molecule has 1 aromatic carbocycles. The number of hydrogen-bond acceptors (Lipinski definition) is 4. The molecule has 2 aromatic heterocycles. The van der Waals surface area contributed by atoms with E-state index < -0.39 is 0 Å². The Labute approximate surface area is 164 Å². The number of benzene rings is 1. The van der Waals surface area contributed by atoms with Gasteiger partial charge in [-0.1, -0.05) is 19.1 Å². The zero-order valence-electron chi connectivity index (χ0n) is 16.2. The normalized spacial score (nSPS) is 15.0. The van der Waals surface area contributed by atoms with E-state index in [2.05, 4.69) is 32.5 Å². The van der Waals surface area contributed by atoms with Gasteiger partial charge in [0.15, 0.2) is 5.82 Å². The predicted octanol–water partition coefficient (Wildman–Crippen LogP) is 3.27. The van der Waals surface area contributed by atoms with Crippen molar-refractivity contribution in [3.63, 3.8) is 0 Å². The fourth-order valence-corrected chi connectivity index (χ4v) is 3.51. The Kier molecular flexibility index (Phi) is 5.10. The van der Waals surface area contributed by atoms with Crippen molar-refractivity contribution in [3.05, 3.63) is 53.9 Å². The zero-order valence-corrected chi connectivity index (χ0v) is 16.2. The van der Waals surface area contributed by atoms with Gasteiger partial charge in [0, 0.05) is 31.6 Å². The minimum absolute atomic E-state index is 0.0842. The maximum atomic E-state index is 12.8. The van der Waals surface area contributed by atoms with Gasteiger partial charge in [-0.3, -0.25) is 5.10 Å². The van der Waals surface area contributed by atoms with E-state index in [1.165, 1.54) is 0 Å². The average molecular weight is 379 g/mol. The van der Waals surface area contributed by atoms with Gasteiger partial charge in [0.2, 0.25) is 0 Å². The Morgan fingerprint density at radius 3 is 2.71 bits per heavy atom. The van der Waals surface area contributed by atoms with Crippen molar-refractivity contribution in [2.45, 2.75) is 39.0 Å². The van der Waals surface area contributed by atoms with Crippen LogP contribution < -0.4 is 5.32 Å². The van der Waals surface area contributed by atoms with Crippen LogP contribution in [0, 0.1) is 6.92 Å². The number of aromatic amines is 1. The Hall–Kier alpha value is -3.16. The number of urea groups is 1. The van der Waals surface area contributed by atoms with Crippen molar-refractivity contribution in [2.75, 3.05) is 18.4 Å². The van der Waals surface area contributed by atoms with Crippen LogP contribution in [0.3, 0.4) is 0 Å². The van der Waals surface area contributed by atoms with Gasteiger partial charge < -0.3 is 10.2 Å². The fourth-order valence-electron chi connectivity index (χ4n) is 3.51. The number of aryl methyl sites for hydroxylation is 2. The number of rotatable bonds is 4. The first-order valence-corrected chi connectivity index (χ1v) is 9.73. The number of H-pyrrole nitrogens is 1. The maximum Gasteiger partial charge on any atom is 0.321 e. The standard InChI is InChI=1S/C20H25N7O/c1-3-18-22-19(24-23-18)15-9-11-26(12-10-15)20(28)21-16-6-4-5-7-17(16)27-13-8-14(2)25-27/h4-8,13,15H,3,9-12H2,1-2H3,(H,21,28)(H,22,23,24). The maximum absolute atomic E-state index is 12.8. The molecule has 1 saturated heterocycles. The molecule has 2 N–H and O–H groups in total. The van der Waals surface area contributed by atoms with Gasteiger partial charge in [0.1, 0.15) is 5.82 Å². The highest BCUT2D eigenvalue weighted by Crippen LogP contribution is 2.26. The van der Waals surface area contributed by atoms with Gasteiger partial charge in [0.25, 0.3) is 0 Å². The third-order valence-electron chi connectivity index (χ3n) is 5.15. The number of para-hydroxylation sites is 2. The minimum Gasteiger partial charge on any atom is -0.324 e. The number of carbonyl (C=O) groups is 1. The van der Waals surface area contributed by atoms with Gasteiger partial charge in [-0.2, -0.15) is 10.2 Å². The lowest BCUT2D eigenvalue weighted by Gasteiger charge is -2.31. The highest BCUT2D eigenvalue weighted by atomic mass is 16.2. The highest BCUT2D eigenvalue weighted by Gasteiger charge is 2.26. The Morgan fingerprint density at radius 2 is 2.04 bits per heavy atom.